The average molecular weight is 466 g/mol. The molecule has 2 N–H and O–H groups in total. The zero-order chi connectivity index (χ0) is 23.5. The van der Waals surface area contributed by atoms with E-state index < -0.39 is 17.9 Å². The van der Waals surface area contributed by atoms with Crippen LogP contribution in [-0.4, -0.2) is 73.4 Å². The van der Waals surface area contributed by atoms with Crippen LogP contribution in [0.2, 0.25) is 0 Å². The molecule has 1 aliphatic rings. The number of carbonyl (C=O) groups excluding carboxylic acids is 3. The topological polar surface area (TPSA) is 106 Å². The van der Waals surface area contributed by atoms with Crippen molar-refractivity contribution < 1.29 is 28.6 Å². The van der Waals surface area contributed by atoms with Crippen LogP contribution < -0.4 is 15.4 Å². The van der Waals surface area contributed by atoms with Gasteiger partial charge >= 0.3 is 5.97 Å². The van der Waals surface area contributed by atoms with Gasteiger partial charge in [-0.25, -0.2) is 0 Å². The molecule has 1 heterocycles. The van der Waals surface area contributed by atoms with E-state index in [9.17, 15) is 14.4 Å². The number of carbonyl (C=O) groups is 3. The van der Waals surface area contributed by atoms with Crippen molar-refractivity contribution in [3.05, 3.63) is 29.8 Å². The van der Waals surface area contributed by atoms with Crippen LogP contribution in [-0.2, 0) is 19.1 Å². The first-order valence-electron chi connectivity index (χ1n) is 10.7. The molecule has 0 saturated carbocycles. The van der Waals surface area contributed by atoms with Gasteiger partial charge in [0, 0.05) is 25.3 Å². The third kappa shape index (κ3) is 8.08. The Morgan fingerprint density at radius 1 is 1.25 bits per heavy atom. The monoisotopic (exact) mass is 465 g/mol. The van der Waals surface area contributed by atoms with Gasteiger partial charge in [-0.3, -0.25) is 19.7 Å². The van der Waals surface area contributed by atoms with E-state index >= 15 is 0 Å². The Hall–Kier alpha value is -2.72. The maximum absolute atomic E-state index is 12.6. The van der Waals surface area contributed by atoms with Crippen molar-refractivity contribution in [1.29, 1.82) is 0 Å². The summed E-state index contributed by atoms with van der Waals surface area (Å²) in [6.07, 6.45) is -0.150. The molecule has 9 nitrogen and oxygen atoms in total. The van der Waals surface area contributed by atoms with Crippen molar-refractivity contribution in [3.8, 4) is 5.75 Å². The summed E-state index contributed by atoms with van der Waals surface area (Å²) in [6, 6.07) is 5.78. The van der Waals surface area contributed by atoms with E-state index in [-0.39, 0.29) is 30.0 Å². The summed E-state index contributed by atoms with van der Waals surface area (Å²) in [4.78, 5) is 38.7. The molecule has 1 aromatic rings. The maximum Gasteiger partial charge on any atom is 0.308 e. The van der Waals surface area contributed by atoms with Crippen molar-refractivity contribution in [2.45, 2.75) is 33.2 Å². The van der Waals surface area contributed by atoms with Crippen LogP contribution in [0.25, 0.3) is 0 Å². The zero-order valence-electron chi connectivity index (χ0n) is 18.7. The lowest BCUT2D eigenvalue weighted by atomic mass is 10.1. The lowest BCUT2D eigenvalue weighted by Gasteiger charge is -2.36. The number of rotatable bonds is 10. The van der Waals surface area contributed by atoms with Gasteiger partial charge in [-0.2, -0.15) is 0 Å². The van der Waals surface area contributed by atoms with Crippen LogP contribution in [0.15, 0.2) is 24.3 Å². The van der Waals surface area contributed by atoms with E-state index in [1.807, 2.05) is 20.8 Å². The smallest absolute Gasteiger partial charge is 0.308 e. The van der Waals surface area contributed by atoms with Gasteiger partial charge in [0.2, 0.25) is 5.91 Å². The average Bonchev–Trinajstić information content (AvgIpc) is 2.77. The fourth-order valence-electron chi connectivity index (χ4n) is 2.94. The minimum absolute atomic E-state index is 0.0866. The highest BCUT2D eigenvalue weighted by molar-refractivity contribution is 7.80. The maximum atomic E-state index is 12.6. The fraction of sp³-hybridized carbons (Fsp3) is 0.545. The molecule has 1 aliphatic heterocycles. The molecule has 1 unspecified atom stereocenters. The summed E-state index contributed by atoms with van der Waals surface area (Å²) < 4.78 is 15.9. The van der Waals surface area contributed by atoms with E-state index in [2.05, 4.69) is 10.6 Å². The lowest BCUT2D eigenvalue weighted by molar-refractivity contribution is -0.148. The predicted molar refractivity (Wildman–Crippen MR) is 122 cm³/mol. The number of amides is 2. The normalized spacial score (nSPS) is 15.8. The summed E-state index contributed by atoms with van der Waals surface area (Å²) in [7, 11) is 0. The first-order valence-corrected chi connectivity index (χ1v) is 11.1. The third-order valence-electron chi connectivity index (χ3n) is 4.57. The van der Waals surface area contributed by atoms with Crippen LogP contribution in [0, 0.1) is 5.92 Å². The Balaban J connectivity index is 1.94. The molecular weight excluding hydrogens is 434 g/mol. The first-order chi connectivity index (χ1) is 15.3. The van der Waals surface area contributed by atoms with Crippen molar-refractivity contribution in [2.24, 2.45) is 5.92 Å². The van der Waals surface area contributed by atoms with Crippen molar-refractivity contribution in [2.75, 3.05) is 39.5 Å². The van der Waals surface area contributed by atoms with Gasteiger partial charge in [0.05, 0.1) is 19.6 Å². The summed E-state index contributed by atoms with van der Waals surface area (Å²) in [5.74, 6) is -0.417. The highest BCUT2D eigenvalue weighted by Gasteiger charge is 2.34. The Morgan fingerprint density at radius 3 is 2.62 bits per heavy atom. The number of esters is 1. The Labute approximate surface area is 193 Å². The van der Waals surface area contributed by atoms with Crippen LogP contribution in [0.3, 0.4) is 0 Å². The SMILES string of the molecule is CCOCCOc1ccc(C(=O)NC(=S)N2CCNC(=O)C2CC(=O)OCC(C)C)cc1. The van der Waals surface area contributed by atoms with E-state index in [4.69, 9.17) is 26.4 Å². The molecule has 2 amide bonds. The molecule has 1 saturated heterocycles. The molecular formula is C22H31N3O6S. The highest BCUT2D eigenvalue weighted by Crippen LogP contribution is 2.14. The third-order valence-corrected chi connectivity index (χ3v) is 4.90. The fourth-order valence-corrected chi connectivity index (χ4v) is 3.25. The second-order valence-corrected chi connectivity index (χ2v) is 8.00. The molecule has 176 valence electrons. The van der Waals surface area contributed by atoms with E-state index in [0.717, 1.165) is 0 Å². The van der Waals surface area contributed by atoms with Crippen LogP contribution in [0.1, 0.15) is 37.6 Å². The molecule has 1 atom stereocenters. The van der Waals surface area contributed by atoms with Gasteiger partial charge < -0.3 is 24.4 Å². The summed E-state index contributed by atoms with van der Waals surface area (Å²) in [5.41, 5.74) is 0.388. The Bertz CT molecular complexity index is 799. The van der Waals surface area contributed by atoms with Gasteiger partial charge in [0.15, 0.2) is 5.11 Å². The minimum Gasteiger partial charge on any atom is -0.491 e. The molecule has 0 aromatic heterocycles. The second-order valence-electron chi connectivity index (χ2n) is 7.61. The molecule has 2 rings (SSSR count). The van der Waals surface area contributed by atoms with Crippen molar-refractivity contribution >= 4 is 35.1 Å². The molecule has 1 fully saturated rings. The van der Waals surface area contributed by atoms with Gasteiger partial charge in [-0.05, 0) is 49.3 Å². The summed E-state index contributed by atoms with van der Waals surface area (Å²) >= 11 is 5.37. The van der Waals surface area contributed by atoms with E-state index in [1.165, 1.54) is 0 Å². The molecule has 0 radical (unpaired) electrons. The minimum atomic E-state index is -0.836. The van der Waals surface area contributed by atoms with Gasteiger partial charge in [0.1, 0.15) is 18.4 Å². The number of thiocarbonyl (C=S) groups is 1. The Morgan fingerprint density at radius 2 is 1.97 bits per heavy atom. The number of nitrogens with zero attached hydrogens (tertiary/aromatic N) is 1. The number of hydrogen-bond acceptors (Lipinski definition) is 7. The van der Waals surface area contributed by atoms with E-state index in [0.29, 0.717) is 44.2 Å². The molecule has 1 aromatic carbocycles. The van der Waals surface area contributed by atoms with Gasteiger partial charge in [-0.15, -0.1) is 0 Å². The summed E-state index contributed by atoms with van der Waals surface area (Å²) in [6.45, 7) is 8.31. The molecule has 0 spiro atoms. The number of ether oxygens (including phenoxy) is 3. The number of piperazine rings is 1. The van der Waals surface area contributed by atoms with Crippen LogP contribution >= 0.6 is 12.2 Å². The molecule has 0 bridgehead atoms. The molecule has 10 heteroatoms. The Kier molecular flexibility index (Phi) is 10.4. The van der Waals surface area contributed by atoms with Crippen molar-refractivity contribution in [3.63, 3.8) is 0 Å². The number of benzene rings is 1. The van der Waals surface area contributed by atoms with Crippen LogP contribution in [0.5, 0.6) is 5.75 Å². The zero-order valence-corrected chi connectivity index (χ0v) is 19.5. The largest absolute Gasteiger partial charge is 0.491 e. The standard InChI is InChI=1S/C22H31N3O6S/c1-4-29-11-12-30-17-7-5-16(6-8-17)20(27)24-22(32)25-10-9-23-21(28)18(25)13-19(26)31-14-15(2)3/h5-8,15,18H,4,9-14H2,1-3H3,(H,23,28)(H,24,27,32). The summed E-state index contributed by atoms with van der Waals surface area (Å²) in [5, 5.41) is 5.45. The lowest BCUT2D eigenvalue weighted by Crippen LogP contribution is -2.60. The van der Waals surface area contributed by atoms with Crippen LogP contribution in [0.4, 0.5) is 0 Å². The molecule has 0 aliphatic carbocycles. The van der Waals surface area contributed by atoms with Gasteiger partial charge in [0.25, 0.3) is 5.91 Å². The predicted octanol–water partition coefficient (Wildman–Crippen LogP) is 1.51. The second kappa shape index (κ2) is 13.0. The number of nitrogens with one attached hydrogen (secondary N) is 2. The van der Waals surface area contributed by atoms with Gasteiger partial charge in [-0.1, -0.05) is 13.8 Å². The highest BCUT2D eigenvalue weighted by atomic mass is 32.1. The van der Waals surface area contributed by atoms with Crippen molar-refractivity contribution in [1.82, 2.24) is 15.5 Å². The molecule has 32 heavy (non-hydrogen) atoms. The number of hydrogen-bond donors (Lipinski definition) is 2. The van der Waals surface area contributed by atoms with E-state index in [1.54, 1.807) is 29.2 Å². The first kappa shape index (κ1) is 25.5. The quantitative estimate of drug-likeness (QED) is 0.304.